The van der Waals surface area contributed by atoms with Gasteiger partial charge in [0.15, 0.2) is 18.1 Å². The molecule has 1 aromatic carbocycles. The van der Waals surface area contributed by atoms with Crippen molar-refractivity contribution in [3.63, 3.8) is 0 Å². The minimum absolute atomic E-state index is 0.0395. The van der Waals surface area contributed by atoms with Crippen molar-refractivity contribution in [1.29, 1.82) is 0 Å². The van der Waals surface area contributed by atoms with Gasteiger partial charge in [0.05, 0.1) is 0 Å². The van der Waals surface area contributed by atoms with Crippen LogP contribution in [0.5, 0.6) is 0 Å². The number of nitrogens with zero attached hydrogens (tertiary/aromatic N) is 2. The van der Waals surface area contributed by atoms with E-state index in [2.05, 4.69) is 15.3 Å². The summed E-state index contributed by atoms with van der Waals surface area (Å²) in [5, 5.41) is 2.68. The first kappa shape index (κ1) is 15.4. The maximum absolute atomic E-state index is 11.8. The van der Waals surface area contributed by atoms with Gasteiger partial charge >= 0.3 is 5.97 Å². The maximum Gasteiger partial charge on any atom is 0.361 e. The lowest BCUT2D eigenvalue weighted by atomic mass is 10.1. The summed E-state index contributed by atoms with van der Waals surface area (Å²) in [6, 6.07) is 5.63. The van der Waals surface area contributed by atoms with Crippen LogP contribution >= 0.6 is 0 Å². The Kier molecular flexibility index (Phi) is 4.67. The highest BCUT2D eigenvalue weighted by molar-refractivity contribution is 5.96. The van der Waals surface area contributed by atoms with Gasteiger partial charge in [0, 0.05) is 18.1 Å². The molecule has 114 valence electrons. The molecule has 0 bridgehead atoms. The standard InChI is InChI=1S/C15H16N4O3/c1-9-3-4-11(10(2)7-9)19-12(20)8-22-15(21)13-14(16)18-6-5-17-13/h3-7H,8H2,1-2H3,(H2,16,18)(H,19,20). The van der Waals surface area contributed by atoms with Gasteiger partial charge in [-0.3, -0.25) is 4.79 Å². The summed E-state index contributed by atoms with van der Waals surface area (Å²) < 4.78 is 4.87. The lowest BCUT2D eigenvalue weighted by Gasteiger charge is -2.09. The summed E-state index contributed by atoms with van der Waals surface area (Å²) in [5.74, 6) is -1.27. The van der Waals surface area contributed by atoms with Crippen molar-refractivity contribution < 1.29 is 14.3 Å². The highest BCUT2D eigenvalue weighted by Crippen LogP contribution is 2.15. The van der Waals surface area contributed by atoms with Gasteiger partial charge in [0.2, 0.25) is 0 Å². The van der Waals surface area contributed by atoms with Gasteiger partial charge in [-0.25, -0.2) is 14.8 Å². The van der Waals surface area contributed by atoms with E-state index in [1.807, 2.05) is 26.0 Å². The Balaban J connectivity index is 1.93. The highest BCUT2D eigenvalue weighted by atomic mass is 16.5. The third-order valence-corrected chi connectivity index (χ3v) is 2.91. The molecule has 3 N–H and O–H groups in total. The number of benzene rings is 1. The number of carbonyl (C=O) groups excluding carboxylic acids is 2. The van der Waals surface area contributed by atoms with Gasteiger partial charge in [0.1, 0.15) is 0 Å². The molecular weight excluding hydrogens is 284 g/mol. The normalized spacial score (nSPS) is 10.1. The number of amides is 1. The fourth-order valence-corrected chi connectivity index (χ4v) is 1.85. The molecule has 0 radical (unpaired) electrons. The molecule has 22 heavy (non-hydrogen) atoms. The minimum atomic E-state index is -0.790. The molecular formula is C15H16N4O3. The van der Waals surface area contributed by atoms with Crippen molar-refractivity contribution in [1.82, 2.24) is 9.97 Å². The Bertz CT molecular complexity index is 716. The quantitative estimate of drug-likeness (QED) is 0.828. The molecule has 0 atom stereocenters. The fourth-order valence-electron chi connectivity index (χ4n) is 1.85. The monoisotopic (exact) mass is 300 g/mol. The molecule has 1 amide bonds. The number of nitrogens with one attached hydrogen (secondary N) is 1. The summed E-state index contributed by atoms with van der Waals surface area (Å²) in [6.07, 6.45) is 2.68. The topological polar surface area (TPSA) is 107 Å². The highest BCUT2D eigenvalue weighted by Gasteiger charge is 2.15. The Morgan fingerprint density at radius 2 is 1.95 bits per heavy atom. The lowest BCUT2D eigenvalue weighted by molar-refractivity contribution is -0.119. The molecule has 0 saturated heterocycles. The van der Waals surface area contributed by atoms with Crippen LogP contribution < -0.4 is 11.1 Å². The lowest BCUT2D eigenvalue weighted by Crippen LogP contribution is -2.22. The minimum Gasteiger partial charge on any atom is -0.451 e. The van der Waals surface area contributed by atoms with Gasteiger partial charge in [-0.1, -0.05) is 17.7 Å². The zero-order valence-electron chi connectivity index (χ0n) is 12.3. The number of nitrogens with two attached hydrogens (primary N) is 1. The Hall–Kier alpha value is -2.96. The van der Waals surface area contributed by atoms with Crippen molar-refractivity contribution in [3.8, 4) is 0 Å². The predicted molar refractivity (Wildman–Crippen MR) is 81.3 cm³/mol. The van der Waals surface area contributed by atoms with E-state index in [1.165, 1.54) is 12.4 Å². The predicted octanol–water partition coefficient (Wildman–Crippen LogP) is 1.47. The second-order valence-electron chi connectivity index (χ2n) is 4.73. The SMILES string of the molecule is Cc1ccc(NC(=O)COC(=O)c2nccnc2N)c(C)c1. The number of aromatic nitrogens is 2. The molecule has 0 aliphatic heterocycles. The van der Waals surface area contributed by atoms with Crippen molar-refractivity contribution in [2.24, 2.45) is 0 Å². The molecule has 0 fully saturated rings. The number of rotatable bonds is 4. The molecule has 7 nitrogen and oxygen atoms in total. The van der Waals surface area contributed by atoms with Crippen LogP contribution in [0.25, 0.3) is 0 Å². The number of nitrogen functional groups attached to an aromatic ring is 1. The maximum atomic E-state index is 11.8. The van der Waals surface area contributed by atoms with E-state index in [4.69, 9.17) is 10.5 Å². The van der Waals surface area contributed by atoms with Crippen molar-refractivity contribution in [2.75, 3.05) is 17.7 Å². The Labute approximate surface area is 127 Å². The summed E-state index contributed by atoms with van der Waals surface area (Å²) in [5.41, 5.74) is 8.10. The third kappa shape index (κ3) is 3.78. The summed E-state index contributed by atoms with van der Waals surface area (Å²) in [6.45, 7) is 3.42. The number of ether oxygens (including phenoxy) is 1. The first-order chi connectivity index (χ1) is 10.5. The van der Waals surface area contributed by atoms with E-state index in [9.17, 15) is 9.59 Å². The fraction of sp³-hybridized carbons (Fsp3) is 0.200. The van der Waals surface area contributed by atoms with Gasteiger partial charge in [-0.15, -0.1) is 0 Å². The largest absolute Gasteiger partial charge is 0.451 e. The van der Waals surface area contributed by atoms with E-state index >= 15 is 0 Å². The molecule has 0 aliphatic carbocycles. The van der Waals surface area contributed by atoms with Gasteiger partial charge in [0.25, 0.3) is 5.91 Å². The second kappa shape index (κ2) is 6.66. The third-order valence-electron chi connectivity index (χ3n) is 2.91. The Morgan fingerprint density at radius 3 is 2.64 bits per heavy atom. The Morgan fingerprint density at radius 1 is 1.23 bits per heavy atom. The van der Waals surface area contributed by atoms with Crippen LogP contribution in [0.2, 0.25) is 0 Å². The molecule has 0 unspecified atom stereocenters. The van der Waals surface area contributed by atoms with E-state index < -0.39 is 18.5 Å². The van der Waals surface area contributed by atoms with Crippen molar-refractivity contribution in [2.45, 2.75) is 13.8 Å². The number of aryl methyl sites for hydroxylation is 2. The van der Waals surface area contributed by atoms with Crippen LogP contribution in [0.3, 0.4) is 0 Å². The van der Waals surface area contributed by atoms with Gasteiger partial charge in [-0.2, -0.15) is 0 Å². The van der Waals surface area contributed by atoms with Gasteiger partial charge < -0.3 is 15.8 Å². The van der Waals surface area contributed by atoms with E-state index in [0.717, 1.165) is 11.1 Å². The average molecular weight is 300 g/mol. The molecule has 0 saturated carbocycles. The van der Waals surface area contributed by atoms with Crippen LogP contribution in [0, 0.1) is 13.8 Å². The van der Waals surface area contributed by atoms with Crippen molar-refractivity contribution >= 4 is 23.4 Å². The second-order valence-corrected chi connectivity index (χ2v) is 4.73. The summed E-state index contributed by atoms with van der Waals surface area (Å²) >= 11 is 0. The molecule has 2 aromatic rings. The first-order valence-corrected chi connectivity index (χ1v) is 6.58. The average Bonchev–Trinajstić information content (AvgIpc) is 2.48. The van der Waals surface area contributed by atoms with E-state index in [1.54, 1.807) is 6.07 Å². The summed E-state index contributed by atoms with van der Waals surface area (Å²) in [4.78, 5) is 31.1. The van der Waals surface area contributed by atoms with Crippen LogP contribution in [0.4, 0.5) is 11.5 Å². The number of esters is 1. The molecule has 0 aliphatic rings. The summed E-state index contributed by atoms with van der Waals surface area (Å²) in [7, 11) is 0. The number of hydrogen-bond acceptors (Lipinski definition) is 6. The zero-order valence-corrected chi connectivity index (χ0v) is 12.3. The van der Waals surface area contributed by atoms with Crippen LogP contribution in [0.15, 0.2) is 30.6 Å². The smallest absolute Gasteiger partial charge is 0.361 e. The van der Waals surface area contributed by atoms with E-state index in [0.29, 0.717) is 5.69 Å². The van der Waals surface area contributed by atoms with Crippen LogP contribution in [-0.2, 0) is 9.53 Å². The van der Waals surface area contributed by atoms with Crippen molar-refractivity contribution in [3.05, 3.63) is 47.4 Å². The van der Waals surface area contributed by atoms with Crippen LogP contribution in [0.1, 0.15) is 21.6 Å². The number of carbonyl (C=O) groups is 2. The van der Waals surface area contributed by atoms with Crippen LogP contribution in [-0.4, -0.2) is 28.5 Å². The number of anilines is 2. The van der Waals surface area contributed by atoms with E-state index in [-0.39, 0.29) is 11.5 Å². The molecule has 0 spiro atoms. The first-order valence-electron chi connectivity index (χ1n) is 6.58. The van der Waals surface area contributed by atoms with Gasteiger partial charge in [-0.05, 0) is 25.5 Å². The molecule has 1 heterocycles. The molecule has 2 rings (SSSR count). The number of hydrogen-bond donors (Lipinski definition) is 2. The molecule has 7 heteroatoms. The zero-order chi connectivity index (χ0) is 16.1. The molecule has 1 aromatic heterocycles.